The lowest BCUT2D eigenvalue weighted by atomic mass is 10.1. The van der Waals surface area contributed by atoms with Crippen LogP contribution in [0.5, 0.6) is 0 Å². The Morgan fingerprint density at radius 1 is 1.00 bits per heavy atom. The van der Waals surface area contributed by atoms with Crippen molar-refractivity contribution >= 4 is 22.8 Å². The second-order valence-electron chi connectivity index (χ2n) is 6.40. The third-order valence-electron chi connectivity index (χ3n) is 4.15. The highest BCUT2D eigenvalue weighted by molar-refractivity contribution is 5.83. The van der Waals surface area contributed by atoms with Crippen LogP contribution < -0.4 is 5.43 Å². The molecule has 8 heteroatoms. The Hall–Kier alpha value is -2.51. The minimum atomic E-state index is -0.659. The number of benzene rings is 1. The molecule has 0 unspecified atom stereocenters. The van der Waals surface area contributed by atoms with Gasteiger partial charge in [-0.1, -0.05) is 51.9 Å². The highest BCUT2D eigenvalue weighted by Gasteiger charge is 2.19. The fourth-order valence-electron chi connectivity index (χ4n) is 2.61. The summed E-state index contributed by atoms with van der Waals surface area (Å²) in [6.45, 7) is 4.08. The summed E-state index contributed by atoms with van der Waals surface area (Å²) < 4.78 is 0. The summed E-state index contributed by atoms with van der Waals surface area (Å²) in [6, 6.07) is 3.47. The second kappa shape index (κ2) is 11.9. The first-order chi connectivity index (χ1) is 12.5. The van der Waals surface area contributed by atoms with Crippen molar-refractivity contribution in [3.05, 3.63) is 38.4 Å². The van der Waals surface area contributed by atoms with Crippen LogP contribution in [0.15, 0.2) is 23.3 Å². The molecule has 1 aromatic carbocycles. The van der Waals surface area contributed by atoms with Crippen molar-refractivity contribution in [3.63, 3.8) is 0 Å². The zero-order chi connectivity index (χ0) is 19.4. The average molecular weight is 364 g/mol. The maximum Gasteiger partial charge on any atom is 0.301 e. The van der Waals surface area contributed by atoms with Crippen molar-refractivity contribution in [1.82, 2.24) is 0 Å². The molecule has 0 bridgehead atoms. The maximum absolute atomic E-state index is 11.1. The van der Waals surface area contributed by atoms with E-state index in [-0.39, 0.29) is 17.1 Å². The number of nitro groups is 2. The van der Waals surface area contributed by atoms with Gasteiger partial charge in [0.2, 0.25) is 0 Å². The molecule has 0 saturated carbocycles. The Morgan fingerprint density at radius 2 is 1.62 bits per heavy atom. The third kappa shape index (κ3) is 8.04. The molecule has 0 aliphatic heterocycles. The number of unbranched alkanes of at least 4 members (excludes halogenated alkanes) is 7. The lowest BCUT2D eigenvalue weighted by Crippen LogP contribution is -2.01. The van der Waals surface area contributed by atoms with E-state index in [1.54, 1.807) is 0 Å². The van der Waals surface area contributed by atoms with Crippen molar-refractivity contribution in [2.75, 3.05) is 5.43 Å². The van der Waals surface area contributed by atoms with E-state index in [0.717, 1.165) is 31.0 Å². The molecule has 26 heavy (non-hydrogen) atoms. The fraction of sp³-hybridized carbons (Fsp3) is 0.611. The average Bonchev–Trinajstić information content (AvgIpc) is 2.61. The van der Waals surface area contributed by atoms with Crippen LogP contribution in [-0.4, -0.2) is 15.6 Å². The minimum Gasteiger partial charge on any atom is -0.272 e. The number of nitro benzene ring substituents is 2. The summed E-state index contributed by atoms with van der Waals surface area (Å²) in [4.78, 5) is 20.5. The second-order valence-corrected chi connectivity index (χ2v) is 6.40. The zero-order valence-corrected chi connectivity index (χ0v) is 15.6. The van der Waals surface area contributed by atoms with Crippen molar-refractivity contribution < 1.29 is 9.85 Å². The fourth-order valence-corrected chi connectivity index (χ4v) is 2.61. The molecule has 8 nitrogen and oxygen atoms in total. The van der Waals surface area contributed by atoms with Gasteiger partial charge in [0.05, 0.1) is 15.9 Å². The van der Waals surface area contributed by atoms with Crippen LogP contribution in [0.4, 0.5) is 17.1 Å². The van der Waals surface area contributed by atoms with Crippen molar-refractivity contribution in [3.8, 4) is 0 Å². The van der Waals surface area contributed by atoms with E-state index < -0.39 is 9.85 Å². The minimum absolute atomic E-state index is 0.149. The molecule has 0 aliphatic carbocycles. The van der Waals surface area contributed by atoms with Crippen LogP contribution in [0.25, 0.3) is 0 Å². The summed E-state index contributed by atoms with van der Waals surface area (Å²) in [5.74, 6) is 0. The lowest BCUT2D eigenvalue weighted by molar-refractivity contribution is -0.393. The van der Waals surface area contributed by atoms with E-state index in [1.807, 2.05) is 6.92 Å². The molecule has 0 fully saturated rings. The number of anilines is 1. The molecule has 0 aromatic heterocycles. The Labute approximate surface area is 154 Å². The number of hydrogen-bond donors (Lipinski definition) is 1. The molecule has 0 heterocycles. The molecule has 1 aromatic rings. The van der Waals surface area contributed by atoms with Crippen LogP contribution in [-0.2, 0) is 0 Å². The van der Waals surface area contributed by atoms with E-state index in [1.165, 1.54) is 50.7 Å². The molecule has 0 amide bonds. The van der Waals surface area contributed by atoms with Crippen molar-refractivity contribution in [2.45, 2.75) is 71.6 Å². The topological polar surface area (TPSA) is 111 Å². The number of hydrazone groups is 1. The number of hydrogen-bond acceptors (Lipinski definition) is 6. The largest absolute Gasteiger partial charge is 0.301 e. The van der Waals surface area contributed by atoms with E-state index in [4.69, 9.17) is 0 Å². The molecule has 144 valence electrons. The van der Waals surface area contributed by atoms with E-state index in [2.05, 4.69) is 17.5 Å². The van der Waals surface area contributed by atoms with Crippen LogP contribution >= 0.6 is 0 Å². The third-order valence-corrected chi connectivity index (χ3v) is 4.15. The van der Waals surface area contributed by atoms with E-state index >= 15 is 0 Å². The Morgan fingerprint density at radius 3 is 2.19 bits per heavy atom. The van der Waals surface area contributed by atoms with Gasteiger partial charge in [-0.3, -0.25) is 25.7 Å². The number of nitrogens with zero attached hydrogens (tertiary/aromatic N) is 3. The Balaban J connectivity index is 2.44. The van der Waals surface area contributed by atoms with Crippen molar-refractivity contribution in [2.24, 2.45) is 5.10 Å². The quantitative estimate of drug-likeness (QED) is 0.205. The molecular weight excluding hydrogens is 336 g/mol. The van der Waals surface area contributed by atoms with Gasteiger partial charge in [-0.2, -0.15) is 5.10 Å². The van der Waals surface area contributed by atoms with Crippen LogP contribution in [0.1, 0.15) is 71.6 Å². The van der Waals surface area contributed by atoms with Gasteiger partial charge >= 0.3 is 5.69 Å². The first kappa shape index (κ1) is 21.5. The summed E-state index contributed by atoms with van der Waals surface area (Å²) in [6.07, 6.45) is 10.7. The number of nitrogens with one attached hydrogen (secondary N) is 1. The van der Waals surface area contributed by atoms with Gasteiger partial charge in [0, 0.05) is 11.8 Å². The molecule has 0 spiro atoms. The molecule has 1 rings (SSSR count). The summed E-state index contributed by atoms with van der Waals surface area (Å²) in [5, 5.41) is 26.0. The molecule has 0 radical (unpaired) electrons. The monoisotopic (exact) mass is 364 g/mol. The highest BCUT2D eigenvalue weighted by atomic mass is 16.6. The molecule has 0 aliphatic rings. The van der Waals surface area contributed by atoms with Crippen molar-refractivity contribution in [1.29, 1.82) is 0 Å². The summed E-state index contributed by atoms with van der Waals surface area (Å²) >= 11 is 0. The molecular formula is C18H28N4O4. The Bertz CT molecular complexity index is 632. The van der Waals surface area contributed by atoms with Gasteiger partial charge in [-0.25, -0.2) is 0 Å². The number of non-ortho nitro benzene ring substituents is 1. The number of rotatable bonds is 13. The summed E-state index contributed by atoms with van der Waals surface area (Å²) in [5.41, 5.74) is 2.98. The first-order valence-electron chi connectivity index (χ1n) is 9.17. The van der Waals surface area contributed by atoms with Crippen LogP contribution in [0.3, 0.4) is 0 Å². The predicted octanol–water partition coefficient (Wildman–Crippen LogP) is 5.82. The maximum atomic E-state index is 11.1. The first-order valence-corrected chi connectivity index (χ1v) is 9.17. The van der Waals surface area contributed by atoms with Crippen LogP contribution in [0, 0.1) is 20.2 Å². The normalized spacial score (nSPS) is 11.4. The van der Waals surface area contributed by atoms with Gasteiger partial charge < -0.3 is 0 Å². The van der Waals surface area contributed by atoms with E-state index in [0.29, 0.717) is 0 Å². The Kier molecular flexibility index (Phi) is 9.89. The zero-order valence-electron chi connectivity index (χ0n) is 15.6. The predicted molar refractivity (Wildman–Crippen MR) is 104 cm³/mol. The van der Waals surface area contributed by atoms with Crippen LogP contribution in [0.2, 0.25) is 0 Å². The molecule has 1 N–H and O–H groups in total. The molecule has 0 saturated heterocycles. The smallest absolute Gasteiger partial charge is 0.272 e. The SMILES string of the molecule is CCCCCCCCCCC(C)=NNc1ccc([N+](=O)[O-])cc1[N+](=O)[O-]. The summed E-state index contributed by atoms with van der Waals surface area (Å²) in [7, 11) is 0. The van der Waals surface area contributed by atoms with Gasteiger partial charge in [0.15, 0.2) is 0 Å². The molecule has 0 atom stereocenters. The highest BCUT2D eigenvalue weighted by Crippen LogP contribution is 2.28. The van der Waals surface area contributed by atoms with Gasteiger partial charge in [-0.15, -0.1) is 0 Å². The lowest BCUT2D eigenvalue weighted by Gasteiger charge is -2.05. The standard InChI is InChI=1S/C18H28N4O4/c1-3-4-5-6-7-8-9-10-11-15(2)19-20-17-13-12-16(21(23)24)14-18(17)22(25)26/h12-14,20H,3-11H2,1-2H3. The van der Waals surface area contributed by atoms with E-state index in [9.17, 15) is 20.2 Å². The van der Waals surface area contributed by atoms with Gasteiger partial charge in [-0.05, 0) is 25.8 Å². The van der Waals surface area contributed by atoms with Gasteiger partial charge in [0.1, 0.15) is 5.69 Å². The van der Waals surface area contributed by atoms with Gasteiger partial charge in [0.25, 0.3) is 5.69 Å².